The molecule has 15 heteroatoms. The summed E-state index contributed by atoms with van der Waals surface area (Å²) >= 11 is 0. The summed E-state index contributed by atoms with van der Waals surface area (Å²) in [7, 11) is -14.2. The first kappa shape index (κ1) is 32.8. The molecule has 1 N–H and O–H groups in total. The summed E-state index contributed by atoms with van der Waals surface area (Å²) in [5.74, 6) is -0.450. The molecule has 0 bridgehead atoms. The summed E-state index contributed by atoms with van der Waals surface area (Å²) < 4.78 is 103. The van der Waals surface area contributed by atoms with Gasteiger partial charge in [-0.25, -0.2) is 21.8 Å². The summed E-state index contributed by atoms with van der Waals surface area (Å²) in [6.45, 7) is 5.54. The Kier molecular flexibility index (Phi) is 9.63. The fourth-order valence-corrected chi connectivity index (χ4v) is 6.56. The fourth-order valence-electron chi connectivity index (χ4n) is 4.76. The molecule has 0 saturated carbocycles. The molecule has 0 amide bonds. The Balaban J connectivity index is 0.00000241. The number of para-hydroxylation sites is 1. The molecule has 4 rings (SSSR count). The van der Waals surface area contributed by atoms with Crippen LogP contribution in [-0.2, 0) is 35.8 Å². The zero-order valence-electron chi connectivity index (χ0n) is 20.9. The number of benzene rings is 2. The van der Waals surface area contributed by atoms with Crippen molar-refractivity contribution in [3.63, 3.8) is 0 Å². The number of hydrogen-bond acceptors (Lipinski definition) is 9. The van der Waals surface area contributed by atoms with Gasteiger partial charge in [-0.3, -0.25) is 4.55 Å². The van der Waals surface area contributed by atoms with E-state index >= 15 is 0 Å². The van der Waals surface area contributed by atoms with Crippen LogP contribution in [0.3, 0.4) is 0 Å². The molecule has 2 aromatic rings. The van der Waals surface area contributed by atoms with Crippen LogP contribution in [-0.4, -0.2) is 44.7 Å². The molecule has 2 aromatic carbocycles. The van der Waals surface area contributed by atoms with Gasteiger partial charge >= 0.3 is 59.1 Å². The Bertz CT molecular complexity index is 1780. The molecular formula is C22H21NNa2O9S3. The zero-order chi connectivity index (χ0) is 26.1. The van der Waals surface area contributed by atoms with Crippen molar-refractivity contribution in [2.24, 2.45) is 4.99 Å². The van der Waals surface area contributed by atoms with Crippen molar-refractivity contribution in [1.29, 1.82) is 0 Å². The Morgan fingerprint density at radius 1 is 0.973 bits per heavy atom. The molecular weight excluding hydrogens is 564 g/mol. The third-order valence-corrected chi connectivity index (χ3v) is 9.07. The third kappa shape index (κ3) is 6.18. The molecule has 0 aromatic heterocycles. The largest absolute Gasteiger partial charge is 1.00 e. The van der Waals surface area contributed by atoms with Crippen LogP contribution in [0.5, 0.6) is 0 Å². The number of allylic oxidation sites excluding steroid dienone is 2. The second kappa shape index (κ2) is 10.9. The molecule has 10 nitrogen and oxygen atoms in total. The van der Waals surface area contributed by atoms with E-state index in [0.717, 1.165) is 11.6 Å². The minimum absolute atomic E-state index is 0. The molecule has 188 valence electrons. The van der Waals surface area contributed by atoms with Crippen LogP contribution in [0.1, 0.15) is 39.2 Å². The maximum Gasteiger partial charge on any atom is 1.00 e. The van der Waals surface area contributed by atoms with Gasteiger partial charge in [-0.05, 0) is 48.3 Å². The molecule has 0 unspecified atom stereocenters. The number of rotatable bonds is 6. The van der Waals surface area contributed by atoms with Crippen LogP contribution in [0.2, 0.25) is 0 Å². The van der Waals surface area contributed by atoms with Crippen LogP contribution in [0.4, 0.5) is 5.69 Å². The molecule has 0 atom stereocenters. The van der Waals surface area contributed by atoms with E-state index in [2.05, 4.69) is 4.99 Å². The maximum atomic E-state index is 12.2. The summed E-state index contributed by atoms with van der Waals surface area (Å²) in [4.78, 5) is 2.89. The van der Waals surface area contributed by atoms with E-state index < -0.39 is 51.3 Å². The van der Waals surface area contributed by atoms with Crippen molar-refractivity contribution in [3.05, 3.63) is 51.6 Å². The van der Waals surface area contributed by atoms with E-state index in [0.29, 0.717) is 16.4 Å². The van der Waals surface area contributed by atoms with Gasteiger partial charge in [0.1, 0.15) is 20.2 Å². The molecule has 0 saturated heterocycles. The van der Waals surface area contributed by atoms with Crippen LogP contribution >= 0.6 is 0 Å². The van der Waals surface area contributed by atoms with E-state index in [1.807, 2.05) is 20.8 Å². The van der Waals surface area contributed by atoms with Gasteiger partial charge in [0.05, 0.1) is 26.6 Å². The number of fused-ring (bicyclic) bond motifs is 5. The summed E-state index contributed by atoms with van der Waals surface area (Å²) in [5.41, 5.74) is 1.65. The van der Waals surface area contributed by atoms with Gasteiger partial charge in [0, 0.05) is 16.5 Å². The summed E-state index contributed by atoms with van der Waals surface area (Å²) in [6.07, 6.45) is 2.04. The summed E-state index contributed by atoms with van der Waals surface area (Å²) in [5, 5.41) is 0.169. The van der Waals surface area contributed by atoms with E-state index in [9.17, 15) is 34.4 Å². The molecule has 1 aliphatic heterocycles. The minimum atomic E-state index is -5.05. The Morgan fingerprint density at radius 2 is 1.57 bits per heavy atom. The van der Waals surface area contributed by atoms with Gasteiger partial charge in [-0.1, -0.05) is 37.6 Å². The van der Waals surface area contributed by atoms with Gasteiger partial charge in [-0.2, -0.15) is 8.42 Å². The smallest absolute Gasteiger partial charge is 0.744 e. The molecule has 0 fully saturated rings. The van der Waals surface area contributed by atoms with Crippen LogP contribution in [0.15, 0.2) is 50.2 Å². The predicted octanol–water partition coefficient (Wildman–Crippen LogP) is -4.51. The second-order valence-electron chi connectivity index (χ2n) is 9.04. The van der Waals surface area contributed by atoms with Crippen molar-refractivity contribution in [3.8, 4) is 11.1 Å². The van der Waals surface area contributed by atoms with Gasteiger partial charge in [0.25, 0.3) is 10.1 Å². The Morgan fingerprint density at radius 3 is 2.11 bits per heavy atom. The van der Waals surface area contributed by atoms with Gasteiger partial charge in [-0.15, -0.1) is 0 Å². The molecule has 0 spiro atoms. The number of nitrogens with zero attached hydrogens (tertiary/aromatic N) is 1. The fraction of sp³-hybridized carbons (Fsp3) is 0.318. The van der Waals surface area contributed by atoms with Crippen LogP contribution in [0.25, 0.3) is 17.2 Å². The van der Waals surface area contributed by atoms with Crippen molar-refractivity contribution in [2.75, 3.05) is 5.75 Å². The first-order valence-electron chi connectivity index (χ1n) is 10.4. The van der Waals surface area contributed by atoms with Crippen molar-refractivity contribution >= 4 is 42.1 Å². The van der Waals surface area contributed by atoms with Crippen molar-refractivity contribution in [2.45, 2.75) is 48.8 Å². The first-order chi connectivity index (χ1) is 15.9. The van der Waals surface area contributed by atoms with Gasteiger partial charge in [0.2, 0.25) is 0 Å². The Labute approximate surface area is 259 Å². The van der Waals surface area contributed by atoms with Crippen molar-refractivity contribution in [1.82, 2.24) is 0 Å². The van der Waals surface area contributed by atoms with E-state index in [1.54, 1.807) is 6.08 Å². The first-order valence-corrected chi connectivity index (χ1v) is 14.8. The summed E-state index contributed by atoms with van der Waals surface area (Å²) in [6, 6.07) is 5.11. The normalized spacial score (nSPS) is 15.8. The topological polar surface area (TPSA) is 181 Å². The minimum Gasteiger partial charge on any atom is -0.744 e. The molecule has 1 heterocycles. The maximum absolute atomic E-state index is 12.2. The molecule has 2 aliphatic rings. The average molecular weight is 586 g/mol. The zero-order valence-corrected chi connectivity index (χ0v) is 27.3. The Hall–Kier alpha value is -0.420. The quantitative estimate of drug-likeness (QED) is 0.220. The predicted molar refractivity (Wildman–Crippen MR) is 124 cm³/mol. The SMILES string of the molecule is CC1=C(CCCS(=O)(=O)O)C=c2cc(S(=O)(=O)[O-])c3c(c2C1(C)C)-c1cccc(S(=O)(=O)[O-])c1N=3.[Na+].[Na+]. The third-order valence-electron chi connectivity index (χ3n) is 6.55. The van der Waals surface area contributed by atoms with E-state index in [1.165, 1.54) is 18.2 Å². The molecule has 0 radical (unpaired) electrons. The van der Waals surface area contributed by atoms with Gasteiger partial charge in [0.15, 0.2) is 0 Å². The molecule has 1 aliphatic carbocycles. The molecule has 37 heavy (non-hydrogen) atoms. The van der Waals surface area contributed by atoms with E-state index in [-0.39, 0.29) is 94.1 Å². The monoisotopic (exact) mass is 585 g/mol. The van der Waals surface area contributed by atoms with Crippen molar-refractivity contribution < 1.29 is 98.0 Å². The second-order valence-corrected chi connectivity index (χ2v) is 13.3. The van der Waals surface area contributed by atoms with Crippen LogP contribution in [0, 0.1) is 0 Å². The number of hydrogen-bond donors (Lipinski definition) is 1. The standard InChI is InChI=1S/C22H23NO9S3.2Na/c1-12-13(6-5-9-33(24,25)26)10-14-11-17(35(30,31)32)21-18(19(14)22(12,2)3)15-7-4-8-16(20(15)23-21)34(27,28)29;;/h4,7-8,10-11H,5-6,9H2,1-3H3,(H,24,25,26)(H,27,28,29)(H,30,31,32);;/q;2*+1/p-2. The van der Waals surface area contributed by atoms with Crippen LogP contribution < -0.4 is 69.7 Å². The average Bonchev–Trinajstić information content (AvgIpc) is 3.07. The van der Waals surface area contributed by atoms with E-state index in [4.69, 9.17) is 4.55 Å². The van der Waals surface area contributed by atoms with Gasteiger partial charge < -0.3 is 9.11 Å².